The molecule has 3 aliphatic rings. The number of rotatable bonds is 2. The van der Waals surface area contributed by atoms with E-state index in [4.69, 9.17) is 0 Å². The molecule has 5 rings (SSSR count). The molecule has 136 valence electrons. The minimum absolute atomic E-state index is 0.684. The average molecular weight is 365 g/mol. The third-order valence-corrected chi connectivity index (χ3v) is 7.40. The van der Waals surface area contributed by atoms with E-state index in [1.165, 1.54) is 59.8 Å². The van der Waals surface area contributed by atoms with E-state index in [1.807, 2.05) is 0 Å². The Morgan fingerprint density at radius 2 is 1.92 bits per heavy atom. The number of hydrogen-bond acceptors (Lipinski definition) is 3. The predicted molar refractivity (Wildman–Crippen MR) is 111 cm³/mol. The van der Waals surface area contributed by atoms with E-state index in [0.29, 0.717) is 5.92 Å². The number of piperidine rings is 1. The van der Waals surface area contributed by atoms with Gasteiger partial charge in [0.05, 0.1) is 5.69 Å². The van der Waals surface area contributed by atoms with E-state index in [9.17, 15) is 0 Å². The predicted octanol–water partition coefficient (Wildman–Crippen LogP) is 4.98. The Labute approximate surface area is 161 Å². The third-order valence-electron chi connectivity index (χ3n) is 6.27. The fraction of sp³-hybridized carbons (Fsp3) is 0.478. The molecule has 3 heterocycles. The first kappa shape index (κ1) is 16.7. The zero-order valence-corrected chi connectivity index (χ0v) is 16.7. The fourth-order valence-corrected chi connectivity index (χ4v) is 6.41. The van der Waals surface area contributed by atoms with E-state index < -0.39 is 0 Å². The molecule has 0 spiro atoms. The van der Waals surface area contributed by atoms with Gasteiger partial charge in [0.2, 0.25) is 0 Å². The van der Waals surface area contributed by atoms with Crippen LogP contribution >= 0.6 is 11.8 Å². The molecule has 2 atom stereocenters. The molecule has 0 radical (unpaired) electrons. The van der Waals surface area contributed by atoms with Gasteiger partial charge in [-0.3, -0.25) is 4.90 Å². The molecule has 3 aliphatic heterocycles. The lowest BCUT2D eigenvalue weighted by molar-refractivity contribution is 0.186. The molecule has 2 aromatic rings. The monoisotopic (exact) mass is 364 g/mol. The summed E-state index contributed by atoms with van der Waals surface area (Å²) >= 11 is 2.06. The van der Waals surface area contributed by atoms with E-state index in [-0.39, 0.29) is 0 Å². The van der Waals surface area contributed by atoms with Gasteiger partial charge in [0, 0.05) is 43.0 Å². The zero-order chi connectivity index (χ0) is 17.7. The van der Waals surface area contributed by atoms with Crippen LogP contribution in [0.2, 0.25) is 0 Å². The van der Waals surface area contributed by atoms with Crippen molar-refractivity contribution >= 4 is 17.4 Å². The van der Waals surface area contributed by atoms with E-state index >= 15 is 0 Å². The Morgan fingerprint density at radius 3 is 2.77 bits per heavy atom. The number of fused-ring (bicyclic) bond motifs is 3. The number of aryl methyl sites for hydroxylation is 2. The smallest absolute Gasteiger partial charge is 0.0543 e. The van der Waals surface area contributed by atoms with E-state index in [0.717, 1.165) is 12.6 Å². The summed E-state index contributed by atoms with van der Waals surface area (Å²) in [6, 6.07) is 14.8. The van der Waals surface area contributed by atoms with Crippen molar-refractivity contribution in [1.29, 1.82) is 0 Å². The van der Waals surface area contributed by atoms with Crippen LogP contribution in [-0.4, -0.2) is 36.3 Å². The van der Waals surface area contributed by atoms with Crippen LogP contribution in [0.5, 0.6) is 0 Å². The lowest BCUT2D eigenvalue weighted by Gasteiger charge is -2.39. The third kappa shape index (κ3) is 2.86. The normalized spacial score (nSPS) is 24.9. The summed E-state index contributed by atoms with van der Waals surface area (Å²) in [7, 11) is 0. The van der Waals surface area contributed by atoms with Crippen molar-refractivity contribution in [3.63, 3.8) is 0 Å². The highest BCUT2D eigenvalue weighted by Crippen LogP contribution is 2.50. The second-order valence-electron chi connectivity index (χ2n) is 8.28. The summed E-state index contributed by atoms with van der Waals surface area (Å²) in [5, 5.41) is 0. The van der Waals surface area contributed by atoms with Gasteiger partial charge < -0.3 is 4.90 Å². The molecule has 26 heavy (non-hydrogen) atoms. The highest BCUT2D eigenvalue weighted by molar-refractivity contribution is 7.99. The van der Waals surface area contributed by atoms with Crippen molar-refractivity contribution in [3.8, 4) is 0 Å². The molecule has 0 bridgehead atoms. The number of hydrogen-bond donors (Lipinski definition) is 0. The van der Waals surface area contributed by atoms with E-state index in [2.05, 4.69) is 71.8 Å². The van der Waals surface area contributed by atoms with Crippen LogP contribution in [0.1, 0.15) is 41.0 Å². The standard InChI is InChI=1S/C23H28N2S/c1-16-11-17(2)13-18(12-16)14-24-9-7-21-20(15-24)19-5-3-6-22-23(19)25(21)8-4-10-26-22/h3,5-6,11-13,20-21H,4,7-10,14-15H2,1-2H3. The maximum atomic E-state index is 2.77. The van der Waals surface area contributed by atoms with Gasteiger partial charge in [0.15, 0.2) is 0 Å². The van der Waals surface area contributed by atoms with Crippen LogP contribution in [0.4, 0.5) is 5.69 Å². The van der Waals surface area contributed by atoms with Crippen molar-refractivity contribution in [3.05, 3.63) is 58.7 Å². The number of anilines is 1. The molecular weight excluding hydrogens is 336 g/mol. The summed E-state index contributed by atoms with van der Waals surface area (Å²) in [5.74, 6) is 1.95. The summed E-state index contributed by atoms with van der Waals surface area (Å²) in [4.78, 5) is 6.98. The average Bonchev–Trinajstić information content (AvgIpc) is 2.77. The van der Waals surface area contributed by atoms with Crippen molar-refractivity contribution in [2.24, 2.45) is 0 Å². The minimum atomic E-state index is 0.684. The lowest BCUT2D eigenvalue weighted by Crippen LogP contribution is -2.46. The summed E-state index contributed by atoms with van der Waals surface area (Å²) in [5.41, 5.74) is 7.44. The molecule has 2 unspecified atom stereocenters. The molecular formula is C23H28N2S. The van der Waals surface area contributed by atoms with Gasteiger partial charge in [-0.2, -0.15) is 0 Å². The number of para-hydroxylation sites is 1. The van der Waals surface area contributed by atoms with Crippen molar-refractivity contribution in [1.82, 2.24) is 4.90 Å². The highest BCUT2D eigenvalue weighted by Gasteiger charge is 2.43. The summed E-state index contributed by atoms with van der Waals surface area (Å²) in [6.45, 7) is 9.19. The Balaban J connectivity index is 1.41. The van der Waals surface area contributed by atoms with Gasteiger partial charge in [-0.05, 0) is 49.6 Å². The maximum absolute atomic E-state index is 2.77. The van der Waals surface area contributed by atoms with Gasteiger partial charge >= 0.3 is 0 Å². The summed E-state index contributed by atoms with van der Waals surface area (Å²) < 4.78 is 0. The van der Waals surface area contributed by atoms with Crippen LogP contribution in [0.15, 0.2) is 41.3 Å². The number of benzene rings is 2. The SMILES string of the molecule is Cc1cc(C)cc(CN2CCC3C(C2)c2cccc4c2N3CCCS4)c1. The molecule has 2 nitrogen and oxygen atoms in total. The Bertz CT molecular complexity index is 811. The van der Waals surface area contributed by atoms with Crippen LogP contribution in [0.3, 0.4) is 0 Å². The first-order chi connectivity index (χ1) is 12.7. The number of likely N-dealkylation sites (tertiary alicyclic amines) is 1. The van der Waals surface area contributed by atoms with Crippen LogP contribution in [0, 0.1) is 13.8 Å². The van der Waals surface area contributed by atoms with Gasteiger partial charge in [-0.15, -0.1) is 11.8 Å². The van der Waals surface area contributed by atoms with Gasteiger partial charge in [0.1, 0.15) is 0 Å². The van der Waals surface area contributed by atoms with Crippen LogP contribution < -0.4 is 4.90 Å². The van der Waals surface area contributed by atoms with Gasteiger partial charge in [0.25, 0.3) is 0 Å². The fourth-order valence-electron chi connectivity index (χ4n) is 5.37. The molecule has 1 fully saturated rings. The van der Waals surface area contributed by atoms with Crippen LogP contribution in [-0.2, 0) is 6.54 Å². The van der Waals surface area contributed by atoms with Crippen molar-refractivity contribution < 1.29 is 0 Å². The Hall–Kier alpha value is -1.45. The van der Waals surface area contributed by atoms with Crippen molar-refractivity contribution in [2.75, 3.05) is 30.3 Å². The first-order valence-corrected chi connectivity index (χ1v) is 11.0. The van der Waals surface area contributed by atoms with Gasteiger partial charge in [-0.1, -0.05) is 41.5 Å². The Morgan fingerprint density at radius 1 is 1.08 bits per heavy atom. The molecule has 2 aromatic carbocycles. The number of thioether (sulfide) groups is 1. The second kappa shape index (κ2) is 6.61. The number of nitrogens with zero attached hydrogens (tertiary/aromatic N) is 2. The molecule has 0 aliphatic carbocycles. The molecule has 1 saturated heterocycles. The Kier molecular flexibility index (Phi) is 4.25. The zero-order valence-electron chi connectivity index (χ0n) is 15.9. The maximum Gasteiger partial charge on any atom is 0.0543 e. The molecule has 0 aromatic heterocycles. The molecule has 0 amide bonds. The van der Waals surface area contributed by atoms with Gasteiger partial charge in [-0.25, -0.2) is 0 Å². The van der Waals surface area contributed by atoms with Crippen LogP contribution in [0.25, 0.3) is 0 Å². The molecule has 0 saturated carbocycles. The van der Waals surface area contributed by atoms with Crippen molar-refractivity contribution in [2.45, 2.75) is 50.1 Å². The first-order valence-electron chi connectivity index (χ1n) is 10.0. The van der Waals surface area contributed by atoms with E-state index in [1.54, 1.807) is 11.3 Å². The lowest BCUT2D eigenvalue weighted by atomic mass is 9.88. The minimum Gasteiger partial charge on any atom is -0.367 e. The molecule has 0 N–H and O–H groups in total. The second-order valence-corrected chi connectivity index (χ2v) is 9.42. The highest BCUT2D eigenvalue weighted by atomic mass is 32.2. The summed E-state index contributed by atoms with van der Waals surface area (Å²) in [6.07, 6.45) is 2.61. The largest absolute Gasteiger partial charge is 0.367 e. The quantitative estimate of drug-likeness (QED) is 0.742. The topological polar surface area (TPSA) is 6.48 Å². The molecule has 3 heteroatoms.